The number of aliphatic hydroxyl groups excluding tert-OH is 1. The third kappa shape index (κ3) is 2.86. The number of nitrogens with zero attached hydrogens (tertiary/aromatic N) is 1. The third-order valence-corrected chi connectivity index (χ3v) is 4.50. The van der Waals surface area contributed by atoms with Gasteiger partial charge in [0.05, 0.1) is 12.1 Å². The lowest BCUT2D eigenvalue weighted by Gasteiger charge is -2.39. The molecule has 1 saturated heterocycles. The van der Waals surface area contributed by atoms with Gasteiger partial charge in [-0.3, -0.25) is 4.79 Å². The summed E-state index contributed by atoms with van der Waals surface area (Å²) in [6, 6.07) is 0.0151. The highest BCUT2D eigenvalue weighted by Crippen LogP contribution is 2.28. The molecule has 4 heteroatoms. The van der Waals surface area contributed by atoms with Gasteiger partial charge in [-0.05, 0) is 25.2 Å². The number of amides is 1. The SMILES string of the molecule is CC1COCCC1C(=O)N(C)C1CCCCC1O. The van der Waals surface area contributed by atoms with E-state index in [0.29, 0.717) is 13.2 Å². The summed E-state index contributed by atoms with van der Waals surface area (Å²) in [5, 5.41) is 10.0. The Labute approximate surface area is 109 Å². The quantitative estimate of drug-likeness (QED) is 0.812. The average Bonchev–Trinajstić information content (AvgIpc) is 2.38. The number of hydrogen-bond donors (Lipinski definition) is 1. The van der Waals surface area contributed by atoms with Crippen molar-refractivity contribution < 1.29 is 14.6 Å². The van der Waals surface area contributed by atoms with Crippen molar-refractivity contribution in [3.05, 3.63) is 0 Å². The summed E-state index contributed by atoms with van der Waals surface area (Å²) in [6.45, 7) is 3.44. The Balaban J connectivity index is 1.98. The highest BCUT2D eigenvalue weighted by molar-refractivity contribution is 5.79. The van der Waals surface area contributed by atoms with E-state index in [0.717, 1.165) is 32.1 Å². The Kier molecular flexibility index (Phi) is 4.62. The van der Waals surface area contributed by atoms with Gasteiger partial charge < -0.3 is 14.7 Å². The largest absolute Gasteiger partial charge is 0.391 e. The Morgan fingerprint density at radius 1 is 1.28 bits per heavy atom. The zero-order valence-corrected chi connectivity index (χ0v) is 11.5. The van der Waals surface area contributed by atoms with E-state index in [9.17, 15) is 9.90 Å². The normalized spacial score (nSPS) is 37.3. The number of hydrogen-bond acceptors (Lipinski definition) is 3. The molecule has 18 heavy (non-hydrogen) atoms. The average molecular weight is 255 g/mol. The van der Waals surface area contributed by atoms with Gasteiger partial charge in [-0.1, -0.05) is 19.8 Å². The number of carbonyl (C=O) groups is 1. The zero-order valence-electron chi connectivity index (χ0n) is 11.5. The predicted molar refractivity (Wildman–Crippen MR) is 69.1 cm³/mol. The van der Waals surface area contributed by atoms with Crippen LogP contribution in [-0.4, -0.2) is 48.3 Å². The van der Waals surface area contributed by atoms with Gasteiger partial charge >= 0.3 is 0 Å². The van der Waals surface area contributed by atoms with E-state index in [4.69, 9.17) is 4.74 Å². The Bertz CT molecular complexity index is 295. The summed E-state index contributed by atoms with van der Waals surface area (Å²) in [6.07, 6.45) is 4.42. The summed E-state index contributed by atoms with van der Waals surface area (Å²) in [4.78, 5) is 14.3. The molecule has 4 unspecified atom stereocenters. The third-order valence-electron chi connectivity index (χ3n) is 4.50. The summed E-state index contributed by atoms with van der Waals surface area (Å²) in [5.41, 5.74) is 0. The van der Waals surface area contributed by atoms with Crippen molar-refractivity contribution in [2.24, 2.45) is 11.8 Å². The molecule has 1 N–H and O–H groups in total. The molecule has 104 valence electrons. The summed E-state index contributed by atoms with van der Waals surface area (Å²) >= 11 is 0. The highest BCUT2D eigenvalue weighted by atomic mass is 16.5. The van der Waals surface area contributed by atoms with Gasteiger partial charge in [0.25, 0.3) is 0 Å². The van der Waals surface area contributed by atoms with Crippen molar-refractivity contribution >= 4 is 5.91 Å². The molecule has 4 nitrogen and oxygen atoms in total. The van der Waals surface area contributed by atoms with Gasteiger partial charge in [0.1, 0.15) is 0 Å². The van der Waals surface area contributed by atoms with Gasteiger partial charge in [0.15, 0.2) is 0 Å². The fourth-order valence-corrected chi connectivity index (χ4v) is 3.22. The molecule has 0 radical (unpaired) electrons. The first-order valence-electron chi connectivity index (χ1n) is 7.13. The minimum atomic E-state index is -0.345. The van der Waals surface area contributed by atoms with Crippen LogP contribution in [-0.2, 0) is 9.53 Å². The van der Waals surface area contributed by atoms with Gasteiger partial charge in [0, 0.05) is 26.2 Å². The topological polar surface area (TPSA) is 49.8 Å². The van der Waals surface area contributed by atoms with Crippen molar-refractivity contribution in [2.45, 2.75) is 51.2 Å². The molecular weight excluding hydrogens is 230 g/mol. The van der Waals surface area contributed by atoms with Crippen LogP contribution in [0.15, 0.2) is 0 Å². The number of rotatable bonds is 2. The summed E-state index contributed by atoms with van der Waals surface area (Å²) < 4.78 is 5.39. The Hall–Kier alpha value is -0.610. The van der Waals surface area contributed by atoms with Crippen LogP contribution >= 0.6 is 0 Å². The number of carbonyl (C=O) groups excluding carboxylic acids is 1. The molecule has 1 saturated carbocycles. The summed E-state index contributed by atoms with van der Waals surface area (Å²) in [7, 11) is 1.85. The van der Waals surface area contributed by atoms with Crippen LogP contribution in [0, 0.1) is 11.8 Å². The second-order valence-corrected chi connectivity index (χ2v) is 5.82. The van der Waals surface area contributed by atoms with Gasteiger partial charge in [-0.25, -0.2) is 0 Å². The maximum Gasteiger partial charge on any atom is 0.226 e. The van der Waals surface area contributed by atoms with Gasteiger partial charge in [-0.15, -0.1) is 0 Å². The van der Waals surface area contributed by atoms with E-state index in [1.807, 2.05) is 7.05 Å². The molecule has 2 aliphatic rings. The van der Waals surface area contributed by atoms with E-state index < -0.39 is 0 Å². The fraction of sp³-hybridized carbons (Fsp3) is 0.929. The van der Waals surface area contributed by atoms with Crippen molar-refractivity contribution in [1.82, 2.24) is 4.90 Å². The monoisotopic (exact) mass is 255 g/mol. The van der Waals surface area contributed by atoms with E-state index in [1.54, 1.807) is 4.90 Å². The minimum absolute atomic E-state index is 0.0151. The molecule has 1 aliphatic carbocycles. The lowest BCUT2D eigenvalue weighted by atomic mass is 9.86. The molecule has 1 aliphatic heterocycles. The van der Waals surface area contributed by atoms with E-state index in [-0.39, 0.29) is 29.9 Å². The highest BCUT2D eigenvalue weighted by Gasteiger charge is 2.35. The van der Waals surface area contributed by atoms with E-state index in [2.05, 4.69) is 6.92 Å². The summed E-state index contributed by atoms with van der Waals surface area (Å²) in [5.74, 6) is 0.545. The molecule has 0 aromatic heterocycles. The molecule has 4 atom stereocenters. The van der Waals surface area contributed by atoms with Crippen molar-refractivity contribution in [3.63, 3.8) is 0 Å². The van der Waals surface area contributed by atoms with Crippen molar-refractivity contribution in [2.75, 3.05) is 20.3 Å². The lowest BCUT2D eigenvalue weighted by molar-refractivity contribution is -0.145. The first kappa shape index (κ1) is 13.8. The fourth-order valence-electron chi connectivity index (χ4n) is 3.22. The maximum atomic E-state index is 12.5. The van der Waals surface area contributed by atoms with Crippen LogP contribution < -0.4 is 0 Å². The predicted octanol–water partition coefficient (Wildman–Crippen LogP) is 1.42. The molecule has 1 heterocycles. The molecular formula is C14H25NO3. The lowest BCUT2D eigenvalue weighted by Crippen LogP contribution is -2.50. The molecule has 0 aromatic rings. The van der Waals surface area contributed by atoms with Crippen LogP contribution in [0.3, 0.4) is 0 Å². The van der Waals surface area contributed by atoms with Crippen molar-refractivity contribution in [1.29, 1.82) is 0 Å². The number of aliphatic hydroxyl groups is 1. The molecule has 0 aromatic carbocycles. The van der Waals surface area contributed by atoms with Gasteiger partial charge in [0.2, 0.25) is 5.91 Å². The van der Waals surface area contributed by atoms with Crippen LogP contribution in [0.1, 0.15) is 39.0 Å². The zero-order chi connectivity index (χ0) is 13.1. The second-order valence-electron chi connectivity index (χ2n) is 5.82. The first-order valence-corrected chi connectivity index (χ1v) is 7.13. The number of ether oxygens (including phenoxy) is 1. The molecule has 2 rings (SSSR count). The molecule has 0 bridgehead atoms. The number of likely N-dealkylation sites (N-methyl/N-ethyl adjacent to an activating group) is 1. The van der Waals surface area contributed by atoms with E-state index in [1.165, 1.54) is 0 Å². The van der Waals surface area contributed by atoms with Crippen LogP contribution in [0.5, 0.6) is 0 Å². The maximum absolute atomic E-state index is 12.5. The van der Waals surface area contributed by atoms with Gasteiger partial charge in [-0.2, -0.15) is 0 Å². The van der Waals surface area contributed by atoms with Crippen LogP contribution in [0.4, 0.5) is 0 Å². The van der Waals surface area contributed by atoms with Crippen molar-refractivity contribution in [3.8, 4) is 0 Å². The standard InChI is InChI=1S/C14H25NO3/c1-10-9-18-8-7-11(10)14(17)15(2)12-5-3-4-6-13(12)16/h10-13,16H,3-9H2,1-2H3. The van der Waals surface area contributed by atoms with E-state index >= 15 is 0 Å². The molecule has 0 spiro atoms. The smallest absolute Gasteiger partial charge is 0.226 e. The molecule has 1 amide bonds. The Morgan fingerprint density at radius 2 is 2.00 bits per heavy atom. The van der Waals surface area contributed by atoms with Crippen LogP contribution in [0.25, 0.3) is 0 Å². The minimum Gasteiger partial charge on any atom is -0.391 e. The second kappa shape index (κ2) is 6.02. The first-order chi connectivity index (χ1) is 8.61. The molecule has 2 fully saturated rings. The Morgan fingerprint density at radius 3 is 2.67 bits per heavy atom. The van der Waals surface area contributed by atoms with Crippen LogP contribution in [0.2, 0.25) is 0 Å².